The van der Waals surface area contributed by atoms with Crippen molar-refractivity contribution in [1.29, 1.82) is 0 Å². The van der Waals surface area contributed by atoms with E-state index in [1.807, 2.05) is 23.0 Å². The van der Waals surface area contributed by atoms with Gasteiger partial charge in [-0.25, -0.2) is 9.97 Å². The van der Waals surface area contributed by atoms with Crippen molar-refractivity contribution in [2.24, 2.45) is 0 Å². The molecule has 0 aromatic carbocycles. The number of likely N-dealkylation sites (N-methyl/N-ethyl adjacent to an activating group) is 2. The van der Waals surface area contributed by atoms with E-state index in [-0.39, 0.29) is 12.1 Å². The normalized spacial score (nSPS) is 30.6. The molecular formula is C46H68N20O4. The molecule has 11 rings (SSSR count). The van der Waals surface area contributed by atoms with E-state index in [2.05, 4.69) is 78.8 Å². The van der Waals surface area contributed by atoms with Crippen molar-refractivity contribution in [2.75, 3.05) is 74.8 Å². The standard InChI is InChI=1S/C46H68N20O4/c1-7-25-19-49-65(57-25)33-17-31(37(67)39(33)69)63-23-47-35-41(53-45(55-43(35)63)61-15-13-29(21-61)59(3)4)51-27-9-11-28(12-10-27)52-42-36-44(56-46(54-42)62-16-14-30(22-62)60(5)6)64(24-48-36)32-18-34(40(70)38(32)68)66-50-20-26(8-2)58-66/h19-20,23-24,27-34,37-40,67-70H,7-18,21-22H2,1-6H3,(H,51,53,55)(H,52,54,56)/t27?,28?,29-,30?,31-,32-,33+,34+,37+,38+,39-,40-/m1/s1. The van der Waals surface area contributed by atoms with Gasteiger partial charge >= 0.3 is 0 Å². The maximum Gasteiger partial charge on any atom is 0.229 e. The molecule has 1 unspecified atom stereocenters. The fraction of sp³-hybridized carbons (Fsp3) is 0.696. The minimum absolute atomic E-state index is 0.0952. The predicted molar refractivity (Wildman–Crippen MR) is 261 cm³/mol. The highest BCUT2D eigenvalue weighted by molar-refractivity contribution is 5.86. The Morgan fingerprint density at radius 3 is 1.31 bits per heavy atom. The highest BCUT2D eigenvalue weighted by Gasteiger charge is 2.47. The lowest BCUT2D eigenvalue weighted by Crippen LogP contribution is -2.34. The number of aromatic nitrogens is 14. The summed E-state index contributed by atoms with van der Waals surface area (Å²) in [6, 6.07) is -1.10. The summed E-state index contributed by atoms with van der Waals surface area (Å²) < 4.78 is 3.80. The smallest absolute Gasteiger partial charge is 0.229 e. The number of nitrogens with zero attached hydrogens (tertiary/aromatic N) is 18. The number of hydrogen-bond acceptors (Lipinski definition) is 20. The Hall–Kier alpha value is -5.66. The molecule has 5 fully saturated rings. The Labute approximate surface area is 406 Å². The lowest BCUT2D eigenvalue weighted by atomic mass is 9.91. The number of imidazole rings is 2. The van der Waals surface area contributed by atoms with Crippen LogP contribution in [0.25, 0.3) is 22.3 Å². The number of hydrogen-bond donors (Lipinski definition) is 6. The van der Waals surface area contributed by atoms with Gasteiger partial charge in [0.2, 0.25) is 11.9 Å². The summed E-state index contributed by atoms with van der Waals surface area (Å²) in [5.74, 6) is 2.52. The molecule has 6 N–H and O–H groups in total. The van der Waals surface area contributed by atoms with Crippen molar-refractivity contribution in [3.63, 3.8) is 0 Å². The molecule has 5 aliphatic rings. The van der Waals surface area contributed by atoms with Gasteiger partial charge in [0.25, 0.3) is 0 Å². The van der Waals surface area contributed by atoms with Crippen LogP contribution in [0.4, 0.5) is 23.5 Å². The van der Waals surface area contributed by atoms with Gasteiger partial charge in [0.05, 0.1) is 48.5 Å². The highest BCUT2D eigenvalue weighted by Crippen LogP contribution is 2.42. The zero-order valence-electron chi connectivity index (χ0n) is 41.0. The Morgan fingerprint density at radius 2 is 0.957 bits per heavy atom. The summed E-state index contributed by atoms with van der Waals surface area (Å²) in [5, 5.41) is 71.2. The third-order valence-electron chi connectivity index (χ3n) is 16.0. The van der Waals surface area contributed by atoms with Gasteiger partial charge in [-0.15, -0.1) is 0 Å². The summed E-state index contributed by atoms with van der Waals surface area (Å²) in [4.78, 5) is 42.3. The lowest BCUT2D eigenvalue weighted by Gasteiger charge is -2.31. The van der Waals surface area contributed by atoms with Crippen molar-refractivity contribution in [3.05, 3.63) is 36.4 Å². The van der Waals surface area contributed by atoms with E-state index < -0.39 is 48.6 Å². The van der Waals surface area contributed by atoms with Crippen LogP contribution in [0.3, 0.4) is 0 Å². The Morgan fingerprint density at radius 1 is 0.557 bits per heavy atom. The maximum absolute atomic E-state index is 11.5. The monoisotopic (exact) mass is 965 g/mol. The van der Waals surface area contributed by atoms with Gasteiger partial charge in [-0.05, 0) is 92.4 Å². The van der Waals surface area contributed by atoms with Gasteiger partial charge in [-0.1, -0.05) is 13.8 Å². The molecular weight excluding hydrogens is 897 g/mol. The Balaban J connectivity index is 0.843. The molecule has 0 bridgehead atoms. The predicted octanol–water partition coefficient (Wildman–Crippen LogP) is 1.21. The molecule has 6 aromatic rings. The van der Waals surface area contributed by atoms with Crippen LogP contribution in [0.15, 0.2) is 25.0 Å². The second-order valence-corrected chi connectivity index (χ2v) is 20.7. The first kappa shape index (κ1) is 46.7. The average Bonchev–Trinajstić information content (AvgIpc) is 4.22. The van der Waals surface area contributed by atoms with Crippen LogP contribution in [-0.4, -0.2) is 202 Å². The van der Waals surface area contributed by atoms with E-state index in [1.165, 1.54) is 9.59 Å². The molecule has 10 atom stereocenters. The fourth-order valence-electron chi connectivity index (χ4n) is 11.5. The molecule has 2 aliphatic heterocycles. The maximum atomic E-state index is 11.5. The van der Waals surface area contributed by atoms with Gasteiger partial charge < -0.3 is 59.8 Å². The number of aliphatic hydroxyl groups excluding tert-OH is 4. The van der Waals surface area contributed by atoms with Gasteiger partial charge in [0.15, 0.2) is 34.0 Å². The number of rotatable bonds is 14. The molecule has 0 spiro atoms. The van der Waals surface area contributed by atoms with Crippen LogP contribution in [0, 0.1) is 0 Å². The van der Waals surface area contributed by atoms with Crippen molar-refractivity contribution >= 4 is 45.9 Å². The van der Waals surface area contributed by atoms with Crippen LogP contribution in [0.1, 0.15) is 101 Å². The average molecular weight is 965 g/mol. The first-order valence-corrected chi connectivity index (χ1v) is 25.2. The SMILES string of the molecule is CCc1cnn([C@H]2C[C@@H](n3cnc4c(NC5CCC(Nc6nc(N7CC[C@@H](N(C)C)C7)nc7c6ncn7[C@@H]6C[C@H](n7ncc(CC)n7)[C@@H](O)[C@H]6O)CC5)nc(N5CCC(N(C)C)C5)nc43)[C@H](O)[C@@H]2O)n1. The highest BCUT2D eigenvalue weighted by atomic mass is 16.3. The number of aliphatic hydroxyl groups is 4. The Bertz CT molecular complexity index is 2590. The number of fused-ring (bicyclic) bond motifs is 2. The van der Waals surface area contributed by atoms with Crippen LogP contribution < -0.4 is 20.4 Å². The van der Waals surface area contributed by atoms with Crippen molar-refractivity contribution < 1.29 is 20.4 Å². The third-order valence-corrected chi connectivity index (χ3v) is 16.0. The molecule has 3 aliphatic carbocycles. The van der Waals surface area contributed by atoms with Crippen LogP contribution in [0.2, 0.25) is 0 Å². The van der Waals surface area contributed by atoms with E-state index in [0.29, 0.717) is 70.8 Å². The zero-order valence-corrected chi connectivity index (χ0v) is 41.0. The van der Waals surface area contributed by atoms with E-state index in [0.717, 1.165) is 88.9 Å². The lowest BCUT2D eigenvalue weighted by molar-refractivity contribution is 0.00497. The summed E-state index contributed by atoms with van der Waals surface area (Å²) in [5.41, 5.74) is 4.10. The first-order chi connectivity index (χ1) is 33.8. The summed E-state index contributed by atoms with van der Waals surface area (Å²) in [7, 11) is 8.41. The molecule has 0 amide bonds. The Kier molecular flexibility index (Phi) is 12.6. The minimum atomic E-state index is -1.08. The minimum Gasteiger partial charge on any atom is -0.388 e. The molecule has 3 saturated carbocycles. The van der Waals surface area contributed by atoms with E-state index in [4.69, 9.17) is 29.9 Å². The van der Waals surface area contributed by atoms with Crippen LogP contribution >= 0.6 is 0 Å². The van der Waals surface area contributed by atoms with Crippen molar-refractivity contribution in [1.82, 2.24) is 78.8 Å². The number of nitrogens with one attached hydrogen (secondary N) is 2. The van der Waals surface area contributed by atoms with E-state index in [9.17, 15) is 20.4 Å². The van der Waals surface area contributed by atoms with Gasteiger partial charge in [-0.3, -0.25) is 0 Å². The summed E-state index contributed by atoms with van der Waals surface area (Å²) >= 11 is 0. The molecule has 24 heteroatoms. The first-order valence-electron chi connectivity index (χ1n) is 25.2. The number of anilines is 4. The van der Waals surface area contributed by atoms with Gasteiger partial charge in [-0.2, -0.15) is 49.9 Å². The van der Waals surface area contributed by atoms with Crippen LogP contribution in [0.5, 0.6) is 0 Å². The number of aryl methyl sites for hydroxylation is 2. The molecule has 8 heterocycles. The molecule has 0 radical (unpaired) electrons. The van der Waals surface area contributed by atoms with Crippen molar-refractivity contribution in [2.45, 2.75) is 151 Å². The third kappa shape index (κ3) is 8.48. The van der Waals surface area contributed by atoms with Gasteiger partial charge in [0.1, 0.15) is 36.5 Å². The summed E-state index contributed by atoms with van der Waals surface area (Å²) in [6.07, 6.45) is 10.2. The molecule has 6 aromatic heterocycles. The van der Waals surface area contributed by atoms with Crippen LogP contribution in [-0.2, 0) is 12.8 Å². The second kappa shape index (κ2) is 18.8. The summed E-state index contributed by atoms with van der Waals surface area (Å²) in [6.45, 7) is 7.22. The topological polar surface area (TPSA) is 267 Å². The largest absolute Gasteiger partial charge is 0.388 e. The molecule has 376 valence electrons. The molecule has 24 nitrogen and oxygen atoms in total. The quantitative estimate of drug-likeness (QED) is 0.0896. The van der Waals surface area contributed by atoms with Gasteiger partial charge in [0, 0.05) is 50.3 Å². The van der Waals surface area contributed by atoms with Crippen molar-refractivity contribution in [3.8, 4) is 0 Å². The zero-order chi connectivity index (χ0) is 48.5. The fourth-order valence-corrected chi connectivity index (χ4v) is 11.5. The second-order valence-electron chi connectivity index (χ2n) is 20.7. The molecule has 2 saturated heterocycles. The van der Waals surface area contributed by atoms with E-state index >= 15 is 0 Å². The van der Waals surface area contributed by atoms with E-state index in [1.54, 1.807) is 25.0 Å². The molecule has 70 heavy (non-hydrogen) atoms.